The first kappa shape index (κ1) is 64.3. The Balaban J connectivity index is 1.04. The summed E-state index contributed by atoms with van der Waals surface area (Å²) < 4.78 is 80.1. The van der Waals surface area contributed by atoms with E-state index in [0.29, 0.717) is 17.6 Å². The van der Waals surface area contributed by atoms with E-state index in [4.69, 9.17) is 10.5 Å². The number of azo groups is 2. The number of phenols is 2. The third kappa shape index (κ3) is 14.7. The molecule has 9 aromatic rings. The largest absolute Gasteiger partial charge is 0.505 e. The number of fused-ring (bicyclic) bond motifs is 2. The van der Waals surface area contributed by atoms with E-state index in [0.717, 1.165) is 54.6 Å². The number of rotatable bonds is 24. The van der Waals surface area contributed by atoms with Crippen molar-refractivity contribution in [3.63, 3.8) is 0 Å². The molecule has 91 heavy (non-hydrogen) atoms. The Morgan fingerprint density at radius 1 is 0.495 bits per heavy atom. The lowest BCUT2D eigenvalue weighted by Crippen LogP contribution is -2.09. The van der Waals surface area contributed by atoms with Gasteiger partial charge in [-0.1, -0.05) is 16.1 Å². The molecule has 0 saturated carbocycles. The predicted octanol–water partition coefficient (Wildman–Crippen LogP) is 9.44. The standard InChI is InChI=1S/C49H34N14O24S4/c1-17-2-5-24(41(68)69)28(8-17)60-63-37-33(91(81,82)83)13-19-9-22(88-86-84-76)15-30(34(19)39(37)65)52-46-54-44(56-48(74)58-46)50-21-4-7-27(26(14-21)43(72)73)51-45-55-47(59-49(75)57-45)53-31-16-23(90(78,79)80)10-20-12-32(89-87-85-77)36(38(64)35(20)31)62-61-29-11-18(40(66)67)3-6-25(29)42(70)71/h2-16,64-65,76-77H,1H3,(H,66,67)(H,68,69)(H,70,71)(H,72,73)(H,78,79,80)(H,81,82,83)(H3,50,52,54,56,58,74)(H3,51,53,55,57,59,75). The molecule has 38 nitrogen and oxygen atoms in total. The van der Waals surface area contributed by atoms with Gasteiger partial charge in [-0.2, -0.15) is 46.7 Å². The average molecular weight is 1330 g/mol. The van der Waals surface area contributed by atoms with Gasteiger partial charge in [0, 0.05) is 21.4 Å². The molecule has 0 unspecified atom stereocenters. The highest BCUT2D eigenvalue weighted by Crippen LogP contribution is 2.49. The molecule has 2 aromatic heterocycles. The minimum Gasteiger partial charge on any atom is -0.505 e. The van der Waals surface area contributed by atoms with Gasteiger partial charge in [0.25, 0.3) is 20.2 Å². The summed E-state index contributed by atoms with van der Waals surface area (Å²) >= 11 is 0.490. The highest BCUT2D eigenvalue weighted by atomic mass is 32.2. The molecule has 42 heteroatoms. The van der Waals surface area contributed by atoms with Crippen LogP contribution in [0, 0.1) is 6.92 Å². The molecular weight excluding hydrogens is 1300 g/mol. The number of nitrogens with one attached hydrogen (secondary N) is 4. The van der Waals surface area contributed by atoms with Crippen LogP contribution in [0.3, 0.4) is 0 Å². The van der Waals surface area contributed by atoms with Gasteiger partial charge in [-0.05, 0) is 108 Å². The number of carboxylic acid groups (broad SMARTS) is 4. The van der Waals surface area contributed by atoms with E-state index in [1.165, 1.54) is 36.4 Å². The summed E-state index contributed by atoms with van der Waals surface area (Å²) in [7, 11) is -10.4. The van der Waals surface area contributed by atoms with Gasteiger partial charge in [-0.15, -0.1) is 29.1 Å². The van der Waals surface area contributed by atoms with Crippen molar-refractivity contribution < 1.29 is 115 Å². The van der Waals surface area contributed by atoms with Crippen LogP contribution in [0.1, 0.15) is 47.0 Å². The van der Waals surface area contributed by atoms with E-state index in [2.05, 4.69) is 90.4 Å². The zero-order valence-electron chi connectivity index (χ0n) is 44.5. The van der Waals surface area contributed by atoms with Crippen LogP contribution >= 0.6 is 24.1 Å². The van der Waals surface area contributed by atoms with Crippen molar-refractivity contribution in [1.29, 1.82) is 0 Å². The number of nitrogens with zero attached hydrogens (tertiary/aromatic N) is 10. The highest BCUT2D eigenvalue weighted by Gasteiger charge is 2.27. The second-order valence-corrected chi connectivity index (χ2v) is 22.2. The zero-order chi connectivity index (χ0) is 65.8. The quantitative estimate of drug-likeness (QED) is 0.00880. The van der Waals surface area contributed by atoms with Crippen LogP contribution in [-0.4, -0.2) is 131 Å². The molecule has 0 fully saturated rings. The minimum absolute atomic E-state index is 0.00603. The normalized spacial score (nSPS) is 11.8. The van der Waals surface area contributed by atoms with E-state index >= 15 is 0 Å². The Morgan fingerprint density at radius 3 is 1.57 bits per heavy atom. The molecular formula is C49H34N14O24S4. The molecule has 0 atom stereocenters. The highest BCUT2D eigenvalue weighted by molar-refractivity contribution is 7.95. The lowest BCUT2D eigenvalue weighted by Gasteiger charge is -2.16. The molecule has 0 amide bonds. The fourth-order valence-electron chi connectivity index (χ4n) is 8.27. The minimum atomic E-state index is -5.25. The van der Waals surface area contributed by atoms with Gasteiger partial charge in [-0.3, -0.25) is 9.11 Å². The third-order valence-electron chi connectivity index (χ3n) is 12.0. The maximum atomic E-state index is 12.8. The van der Waals surface area contributed by atoms with E-state index in [1.807, 2.05) is 0 Å². The number of aromatic carboxylic acids is 4. The Morgan fingerprint density at radius 2 is 1.01 bits per heavy atom. The first-order chi connectivity index (χ1) is 43.1. The van der Waals surface area contributed by atoms with Crippen LogP contribution in [0.5, 0.6) is 23.5 Å². The Kier molecular flexibility index (Phi) is 18.6. The molecule has 0 aliphatic rings. The Hall–Kier alpha value is -11.2. The summed E-state index contributed by atoms with van der Waals surface area (Å²) in [6.07, 6.45) is 0. The summed E-state index contributed by atoms with van der Waals surface area (Å²) in [4.78, 5) is 69.7. The van der Waals surface area contributed by atoms with Crippen LogP contribution in [-0.2, 0) is 39.0 Å². The summed E-state index contributed by atoms with van der Waals surface area (Å²) in [5.41, 5.74) is -4.82. The van der Waals surface area contributed by atoms with Gasteiger partial charge in [0.2, 0.25) is 23.8 Å². The first-order valence-corrected chi connectivity index (χ1v) is 28.5. The summed E-state index contributed by atoms with van der Waals surface area (Å²) in [5.74, 6) is -10.3. The summed E-state index contributed by atoms with van der Waals surface area (Å²) in [6.45, 7) is 1.60. The molecule has 9 rings (SSSR count). The number of hydrogen-bond acceptors (Lipinski definition) is 34. The van der Waals surface area contributed by atoms with Gasteiger partial charge >= 0.3 is 35.9 Å². The molecule has 0 radical (unpaired) electrons. The molecule has 0 aliphatic carbocycles. The fraction of sp³-hybridized carbons (Fsp3) is 0.0204. The lowest BCUT2D eigenvalue weighted by atomic mass is 10.1. The smallest absolute Gasteiger partial charge is 0.337 e. The number of carboxylic acids is 4. The average Bonchev–Trinajstić information content (AvgIpc) is 0.769. The van der Waals surface area contributed by atoms with Crippen molar-refractivity contribution in [1.82, 2.24) is 29.9 Å². The van der Waals surface area contributed by atoms with Crippen LogP contribution in [0.4, 0.5) is 69.3 Å². The van der Waals surface area contributed by atoms with Crippen molar-refractivity contribution in [3.8, 4) is 23.5 Å². The molecule has 0 saturated heterocycles. The molecule has 0 aliphatic heterocycles. The molecule has 0 bridgehead atoms. The van der Waals surface area contributed by atoms with Crippen LogP contribution in [0.15, 0.2) is 131 Å². The van der Waals surface area contributed by atoms with Gasteiger partial charge in [0.15, 0.2) is 11.5 Å². The molecule has 2 heterocycles. The second-order valence-electron chi connectivity index (χ2n) is 17.9. The van der Waals surface area contributed by atoms with Crippen LogP contribution in [0.25, 0.3) is 21.5 Å². The van der Waals surface area contributed by atoms with Gasteiger partial charge < -0.3 is 62.1 Å². The molecule has 468 valence electrons. The van der Waals surface area contributed by atoms with Crippen LogP contribution in [0.2, 0.25) is 0 Å². The third-order valence-corrected chi connectivity index (χ3v) is 14.9. The van der Waals surface area contributed by atoms with Crippen molar-refractivity contribution in [2.24, 2.45) is 20.5 Å². The first-order valence-electron chi connectivity index (χ1n) is 24.1. The number of carbonyl (C=O) groups is 4. The fourth-order valence-corrected chi connectivity index (χ4v) is 10.4. The van der Waals surface area contributed by atoms with Gasteiger partial charge in [-0.25, -0.2) is 29.7 Å². The molecule has 0 spiro atoms. The summed E-state index contributed by atoms with van der Waals surface area (Å²) in [6, 6.07) is 13.9. The number of anilines is 8. The maximum absolute atomic E-state index is 12.8. The summed E-state index contributed by atoms with van der Waals surface area (Å²) in [5, 5.41) is 134. The number of aromatic nitrogens is 6. The number of hydrogen-bond donors (Lipinski definition) is 16. The van der Waals surface area contributed by atoms with Crippen molar-refractivity contribution in [2.45, 2.75) is 26.5 Å². The lowest BCUT2D eigenvalue weighted by molar-refractivity contribution is -0.432. The topological polar surface area (TPSA) is 591 Å². The second kappa shape index (κ2) is 26.3. The van der Waals surface area contributed by atoms with E-state index < -0.39 is 146 Å². The Bertz CT molecular complexity index is 4820. The number of aromatic hydroxyl groups is 4. The van der Waals surface area contributed by atoms with Crippen molar-refractivity contribution in [2.75, 3.05) is 21.3 Å². The SMILES string of the molecule is Cc1ccc(C(=O)O)c(N=Nc2c(S(=O)(=O)O)cc3cc(SOOO)cc(Nc4nc(O)nc(Nc5ccc(Nc6nc(O)nc(Nc7cc(S(=O)(=O)O)cc8cc(SOOO)c(N=Nc9cc(C(=O)O)ccc9C(=O)O)c(O)c78)n6)c(C(=O)O)c5)n4)c3c2O)c1. The van der Waals surface area contributed by atoms with Gasteiger partial charge in [0.05, 0.1) is 73.2 Å². The number of benzene rings is 7. The maximum Gasteiger partial charge on any atom is 0.337 e. The van der Waals surface area contributed by atoms with E-state index in [-0.39, 0.29) is 66.3 Å². The van der Waals surface area contributed by atoms with E-state index in [1.54, 1.807) is 6.92 Å². The molecule has 16 N–H and O–H groups in total. The van der Waals surface area contributed by atoms with Crippen molar-refractivity contribution in [3.05, 3.63) is 119 Å². The van der Waals surface area contributed by atoms with Crippen LogP contribution < -0.4 is 21.3 Å². The van der Waals surface area contributed by atoms with Crippen molar-refractivity contribution >= 4 is 159 Å². The van der Waals surface area contributed by atoms with Gasteiger partial charge in [0.1, 0.15) is 27.6 Å². The predicted molar refractivity (Wildman–Crippen MR) is 309 cm³/mol. The number of phenolic OH excluding ortho intramolecular Hbond substituents is 2. The Labute approximate surface area is 512 Å². The van der Waals surface area contributed by atoms with E-state index in [9.17, 15) is 86.0 Å². The zero-order valence-corrected chi connectivity index (χ0v) is 47.8. The monoisotopic (exact) mass is 1330 g/mol. The molecule has 7 aromatic carbocycles. The number of aryl methyl sites for hydroxylation is 1.